The second-order valence-corrected chi connectivity index (χ2v) is 6.48. The molecule has 0 radical (unpaired) electrons. The fourth-order valence-corrected chi connectivity index (χ4v) is 2.51. The summed E-state index contributed by atoms with van der Waals surface area (Å²) in [5.74, 6) is -0.242. The molecule has 6 heteroatoms. The summed E-state index contributed by atoms with van der Waals surface area (Å²) in [4.78, 5) is 14.0. The van der Waals surface area contributed by atoms with Gasteiger partial charge in [-0.3, -0.25) is 4.79 Å². The molecule has 1 amide bonds. The summed E-state index contributed by atoms with van der Waals surface area (Å²) in [5, 5.41) is 5.12. The standard InChI is InChI=1S/C14H20N2O3S/c1-5-6-16(10(2)3)14(17)12-7-11(4)8-13(9-12)20(15,18)19/h5,7-10H,1,6H2,2-4H3,(H2,15,18,19). The molecule has 2 N–H and O–H groups in total. The molecule has 0 heterocycles. The third-order valence-corrected chi connectivity index (χ3v) is 3.73. The zero-order chi connectivity index (χ0) is 15.5. The van der Waals surface area contributed by atoms with Crippen molar-refractivity contribution in [1.82, 2.24) is 4.90 Å². The van der Waals surface area contributed by atoms with Crippen LogP contribution in [0.25, 0.3) is 0 Å². The van der Waals surface area contributed by atoms with E-state index in [2.05, 4.69) is 6.58 Å². The first-order chi connectivity index (χ1) is 9.16. The van der Waals surface area contributed by atoms with E-state index in [0.29, 0.717) is 17.7 Å². The lowest BCUT2D eigenvalue weighted by molar-refractivity contribution is 0.0728. The van der Waals surface area contributed by atoms with Gasteiger partial charge in [-0.05, 0) is 44.5 Å². The average molecular weight is 296 g/mol. The molecule has 0 aliphatic carbocycles. The van der Waals surface area contributed by atoms with Gasteiger partial charge in [-0.1, -0.05) is 6.08 Å². The zero-order valence-electron chi connectivity index (χ0n) is 12.0. The average Bonchev–Trinajstić information content (AvgIpc) is 2.33. The topological polar surface area (TPSA) is 80.5 Å². The lowest BCUT2D eigenvalue weighted by Gasteiger charge is -2.25. The molecule has 1 aromatic carbocycles. The largest absolute Gasteiger partial charge is 0.333 e. The highest BCUT2D eigenvalue weighted by Gasteiger charge is 2.20. The van der Waals surface area contributed by atoms with Crippen LogP contribution < -0.4 is 5.14 Å². The molecule has 0 aliphatic heterocycles. The summed E-state index contributed by atoms with van der Waals surface area (Å²) in [7, 11) is -3.83. The van der Waals surface area contributed by atoms with Crippen LogP contribution in [0.1, 0.15) is 29.8 Å². The molecule has 0 atom stereocenters. The monoisotopic (exact) mass is 296 g/mol. The van der Waals surface area contributed by atoms with Crippen molar-refractivity contribution < 1.29 is 13.2 Å². The minimum Gasteiger partial charge on any atom is -0.333 e. The molecule has 0 spiro atoms. The number of benzene rings is 1. The number of nitrogens with two attached hydrogens (primary N) is 1. The van der Waals surface area contributed by atoms with Crippen molar-refractivity contribution in [3.05, 3.63) is 42.0 Å². The van der Waals surface area contributed by atoms with E-state index in [9.17, 15) is 13.2 Å². The highest BCUT2D eigenvalue weighted by Crippen LogP contribution is 2.16. The van der Waals surface area contributed by atoms with Crippen molar-refractivity contribution in [2.75, 3.05) is 6.54 Å². The van der Waals surface area contributed by atoms with Gasteiger partial charge in [-0.2, -0.15) is 0 Å². The number of nitrogens with zero attached hydrogens (tertiary/aromatic N) is 1. The molecule has 0 aliphatic rings. The fraction of sp³-hybridized carbons (Fsp3) is 0.357. The molecule has 0 saturated carbocycles. The Morgan fingerprint density at radius 2 is 2.00 bits per heavy atom. The van der Waals surface area contributed by atoms with Crippen LogP contribution >= 0.6 is 0 Å². The Balaban J connectivity index is 3.28. The molecule has 0 unspecified atom stereocenters. The summed E-state index contributed by atoms with van der Waals surface area (Å²) < 4.78 is 22.9. The maximum Gasteiger partial charge on any atom is 0.254 e. The van der Waals surface area contributed by atoms with E-state index in [0.717, 1.165) is 0 Å². The SMILES string of the molecule is C=CCN(C(=O)c1cc(C)cc(S(N)(=O)=O)c1)C(C)C. The van der Waals surface area contributed by atoms with Gasteiger partial charge in [-0.15, -0.1) is 6.58 Å². The Kier molecular flexibility index (Phi) is 5.08. The van der Waals surface area contributed by atoms with Crippen LogP contribution in [0.3, 0.4) is 0 Å². The van der Waals surface area contributed by atoms with Crippen LogP contribution in [0.15, 0.2) is 35.7 Å². The van der Waals surface area contributed by atoms with Gasteiger partial charge in [0.25, 0.3) is 5.91 Å². The van der Waals surface area contributed by atoms with E-state index < -0.39 is 10.0 Å². The number of carbonyl (C=O) groups is 1. The summed E-state index contributed by atoms with van der Waals surface area (Å²) >= 11 is 0. The quantitative estimate of drug-likeness (QED) is 0.839. The number of aryl methyl sites for hydroxylation is 1. The van der Waals surface area contributed by atoms with Crippen LogP contribution in [-0.4, -0.2) is 31.8 Å². The first kappa shape index (κ1) is 16.4. The molecular weight excluding hydrogens is 276 g/mol. The minimum absolute atomic E-state index is 0.0149. The molecule has 0 aromatic heterocycles. The van der Waals surface area contributed by atoms with Crippen molar-refractivity contribution in [3.63, 3.8) is 0 Å². The van der Waals surface area contributed by atoms with E-state index in [1.165, 1.54) is 12.1 Å². The number of rotatable bonds is 5. The first-order valence-corrected chi connectivity index (χ1v) is 7.77. The maximum atomic E-state index is 12.5. The zero-order valence-corrected chi connectivity index (χ0v) is 12.8. The number of carbonyl (C=O) groups excluding carboxylic acids is 1. The lowest BCUT2D eigenvalue weighted by Crippen LogP contribution is -2.37. The maximum absolute atomic E-state index is 12.5. The van der Waals surface area contributed by atoms with E-state index in [1.807, 2.05) is 13.8 Å². The Labute approximate surface area is 120 Å². The predicted molar refractivity (Wildman–Crippen MR) is 78.9 cm³/mol. The third-order valence-electron chi connectivity index (χ3n) is 2.84. The van der Waals surface area contributed by atoms with Gasteiger partial charge in [0.15, 0.2) is 0 Å². The second-order valence-electron chi connectivity index (χ2n) is 4.92. The lowest BCUT2D eigenvalue weighted by atomic mass is 10.1. The van der Waals surface area contributed by atoms with Crippen molar-refractivity contribution in [2.24, 2.45) is 5.14 Å². The normalized spacial score (nSPS) is 11.4. The van der Waals surface area contributed by atoms with Gasteiger partial charge in [0, 0.05) is 18.2 Å². The molecule has 5 nitrogen and oxygen atoms in total. The van der Waals surface area contributed by atoms with Crippen LogP contribution in [0.5, 0.6) is 0 Å². The Bertz CT molecular complexity index is 621. The summed E-state index contributed by atoms with van der Waals surface area (Å²) in [5.41, 5.74) is 0.978. The van der Waals surface area contributed by atoms with Crippen LogP contribution in [0, 0.1) is 6.92 Å². The van der Waals surface area contributed by atoms with E-state index in [4.69, 9.17) is 5.14 Å². The van der Waals surface area contributed by atoms with Crippen molar-refractivity contribution in [1.29, 1.82) is 0 Å². The highest BCUT2D eigenvalue weighted by molar-refractivity contribution is 7.89. The smallest absolute Gasteiger partial charge is 0.254 e. The van der Waals surface area contributed by atoms with Gasteiger partial charge < -0.3 is 4.90 Å². The number of hydrogen-bond donors (Lipinski definition) is 1. The predicted octanol–water partition coefficient (Wildman–Crippen LogP) is 1.68. The van der Waals surface area contributed by atoms with Crippen LogP contribution in [0.4, 0.5) is 0 Å². The number of sulfonamides is 1. The minimum atomic E-state index is -3.83. The number of primary sulfonamides is 1. The van der Waals surface area contributed by atoms with Crippen molar-refractivity contribution in [2.45, 2.75) is 31.7 Å². The van der Waals surface area contributed by atoms with Gasteiger partial charge >= 0.3 is 0 Å². The molecular formula is C14H20N2O3S. The molecule has 0 bridgehead atoms. The molecule has 0 fully saturated rings. The molecule has 0 saturated heterocycles. The second kappa shape index (κ2) is 6.19. The van der Waals surface area contributed by atoms with E-state index in [1.54, 1.807) is 24.0 Å². The van der Waals surface area contributed by atoms with Gasteiger partial charge in [0.1, 0.15) is 0 Å². The Morgan fingerprint density at radius 1 is 1.40 bits per heavy atom. The highest BCUT2D eigenvalue weighted by atomic mass is 32.2. The number of amides is 1. The van der Waals surface area contributed by atoms with Gasteiger partial charge in [-0.25, -0.2) is 13.6 Å². The number of hydrogen-bond acceptors (Lipinski definition) is 3. The summed E-state index contributed by atoms with van der Waals surface area (Å²) in [6, 6.07) is 4.39. The summed E-state index contributed by atoms with van der Waals surface area (Å²) in [6.07, 6.45) is 1.63. The fourth-order valence-electron chi connectivity index (χ4n) is 1.87. The van der Waals surface area contributed by atoms with E-state index >= 15 is 0 Å². The van der Waals surface area contributed by atoms with E-state index in [-0.39, 0.29) is 16.8 Å². The molecule has 20 heavy (non-hydrogen) atoms. The van der Waals surface area contributed by atoms with Gasteiger partial charge in [0.05, 0.1) is 4.90 Å². The third kappa shape index (κ3) is 3.91. The molecule has 110 valence electrons. The molecule has 1 rings (SSSR count). The Hall–Kier alpha value is -1.66. The molecule has 1 aromatic rings. The van der Waals surface area contributed by atoms with Crippen LogP contribution in [-0.2, 0) is 10.0 Å². The van der Waals surface area contributed by atoms with Crippen LogP contribution in [0.2, 0.25) is 0 Å². The van der Waals surface area contributed by atoms with Gasteiger partial charge in [0.2, 0.25) is 10.0 Å². The first-order valence-electron chi connectivity index (χ1n) is 6.23. The Morgan fingerprint density at radius 3 is 2.45 bits per heavy atom. The van der Waals surface area contributed by atoms with Crippen molar-refractivity contribution in [3.8, 4) is 0 Å². The summed E-state index contributed by atoms with van der Waals surface area (Å²) in [6.45, 7) is 9.52. The van der Waals surface area contributed by atoms with Crippen molar-refractivity contribution >= 4 is 15.9 Å².